The Hall–Kier alpha value is -3.09. The third-order valence-corrected chi connectivity index (χ3v) is 3.45. The number of carboxylic acids is 3. The molecule has 22 heavy (non-hydrogen) atoms. The summed E-state index contributed by atoms with van der Waals surface area (Å²) in [6, 6.07) is 6.01. The van der Waals surface area contributed by atoms with Crippen molar-refractivity contribution >= 4 is 17.9 Å². The van der Waals surface area contributed by atoms with E-state index in [-0.39, 0.29) is 33.8 Å². The van der Waals surface area contributed by atoms with Crippen LogP contribution < -0.4 is 0 Å². The average Bonchev–Trinajstić information content (AvgIpc) is 2.70. The van der Waals surface area contributed by atoms with Gasteiger partial charge in [0.05, 0.1) is 22.4 Å². The molecule has 0 bridgehead atoms. The zero-order valence-corrected chi connectivity index (χ0v) is 11.8. The quantitative estimate of drug-likeness (QED) is 0.797. The van der Waals surface area contributed by atoms with Crippen LogP contribution in [-0.4, -0.2) is 37.8 Å². The maximum absolute atomic E-state index is 11.4. The zero-order valence-electron chi connectivity index (χ0n) is 11.8. The maximum atomic E-state index is 11.4. The fraction of sp³-hybridized carbons (Fsp3) is 0.133. The smallest absolute Gasteiger partial charge is 0.338 e. The van der Waals surface area contributed by atoms with E-state index in [0.717, 1.165) is 0 Å². The summed E-state index contributed by atoms with van der Waals surface area (Å²) < 4.78 is 1.34. The fourth-order valence-electron chi connectivity index (χ4n) is 2.57. The van der Waals surface area contributed by atoms with Crippen LogP contribution in [0.4, 0.5) is 0 Å². The lowest BCUT2D eigenvalue weighted by atomic mass is 10.1. The maximum Gasteiger partial charge on any atom is 0.338 e. The van der Waals surface area contributed by atoms with Gasteiger partial charge in [-0.25, -0.2) is 14.4 Å². The van der Waals surface area contributed by atoms with Crippen molar-refractivity contribution in [3.8, 4) is 5.69 Å². The van der Waals surface area contributed by atoms with E-state index in [2.05, 4.69) is 0 Å². The highest BCUT2D eigenvalue weighted by molar-refractivity contribution is 6.04. The van der Waals surface area contributed by atoms with E-state index >= 15 is 0 Å². The molecule has 0 fully saturated rings. The van der Waals surface area contributed by atoms with Crippen molar-refractivity contribution in [2.45, 2.75) is 13.8 Å². The minimum atomic E-state index is -1.37. The molecule has 3 N–H and O–H groups in total. The zero-order chi connectivity index (χ0) is 16.6. The number of aromatic carboxylic acids is 3. The van der Waals surface area contributed by atoms with Crippen LogP contribution in [0.1, 0.15) is 42.5 Å². The minimum absolute atomic E-state index is 0.0439. The van der Waals surface area contributed by atoms with Gasteiger partial charge in [0, 0.05) is 11.4 Å². The molecule has 1 heterocycles. The molecule has 7 nitrogen and oxygen atoms in total. The molecule has 0 atom stereocenters. The lowest BCUT2D eigenvalue weighted by Crippen LogP contribution is -2.08. The Morgan fingerprint density at radius 2 is 1.27 bits per heavy atom. The molecule has 2 rings (SSSR count). The number of hydrogen-bond acceptors (Lipinski definition) is 3. The second-order valence-corrected chi connectivity index (χ2v) is 4.69. The molecule has 0 aliphatic heterocycles. The Balaban J connectivity index is 2.90. The van der Waals surface area contributed by atoms with Crippen LogP contribution >= 0.6 is 0 Å². The molecule has 0 spiro atoms. The third-order valence-electron chi connectivity index (χ3n) is 3.45. The molecule has 0 saturated carbocycles. The fourth-order valence-corrected chi connectivity index (χ4v) is 2.57. The van der Waals surface area contributed by atoms with E-state index < -0.39 is 17.9 Å². The summed E-state index contributed by atoms with van der Waals surface area (Å²) in [5.74, 6) is -3.93. The van der Waals surface area contributed by atoms with Crippen LogP contribution in [0, 0.1) is 13.8 Å². The number of benzene rings is 1. The van der Waals surface area contributed by atoms with E-state index in [0.29, 0.717) is 0 Å². The highest BCUT2D eigenvalue weighted by atomic mass is 16.4. The van der Waals surface area contributed by atoms with Gasteiger partial charge < -0.3 is 19.9 Å². The molecule has 7 heteroatoms. The van der Waals surface area contributed by atoms with Gasteiger partial charge in [-0.1, -0.05) is 12.1 Å². The first-order valence-corrected chi connectivity index (χ1v) is 6.28. The van der Waals surface area contributed by atoms with Gasteiger partial charge in [-0.3, -0.25) is 0 Å². The van der Waals surface area contributed by atoms with Crippen molar-refractivity contribution < 1.29 is 29.7 Å². The first-order valence-electron chi connectivity index (χ1n) is 6.28. The summed E-state index contributed by atoms with van der Waals surface area (Å²) in [7, 11) is 0. The van der Waals surface area contributed by atoms with Gasteiger partial charge in [0.15, 0.2) is 0 Å². The number of nitrogens with zero attached hydrogens (tertiary/aromatic N) is 1. The van der Waals surface area contributed by atoms with Crippen molar-refractivity contribution in [3.63, 3.8) is 0 Å². The van der Waals surface area contributed by atoms with Gasteiger partial charge in [0.2, 0.25) is 0 Å². The molecule has 0 amide bonds. The molecule has 1 aromatic heterocycles. The summed E-state index contributed by atoms with van der Waals surface area (Å²) in [6.07, 6.45) is 0. The second kappa shape index (κ2) is 5.36. The van der Waals surface area contributed by atoms with Crippen LogP contribution in [-0.2, 0) is 0 Å². The lowest BCUT2D eigenvalue weighted by Gasteiger charge is -2.12. The Labute approximate surface area is 125 Å². The Morgan fingerprint density at radius 3 is 1.68 bits per heavy atom. The first kappa shape index (κ1) is 15.3. The van der Waals surface area contributed by atoms with Gasteiger partial charge >= 0.3 is 17.9 Å². The average molecular weight is 303 g/mol. The summed E-state index contributed by atoms with van der Waals surface area (Å²) >= 11 is 0. The topological polar surface area (TPSA) is 117 Å². The van der Waals surface area contributed by atoms with Crippen molar-refractivity contribution in [2.75, 3.05) is 0 Å². The monoisotopic (exact) mass is 303 g/mol. The van der Waals surface area contributed by atoms with Crippen LogP contribution in [0.2, 0.25) is 0 Å². The summed E-state index contributed by atoms with van der Waals surface area (Å²) in [4.78, 5) is 34.1. The number of aromatic nitrogens is 1. The number of hydrogen-bond donors (Lipinski definition) is 3. The van der Waals surface area contributed by atoms with Crippen LogP contribution in [0.15, 0.2) is 24.3 Å². The number of carboxylic acid groups (broad SMARTS) is 3. The van der Waals surface area contributed by atoms with Gasteiger partial charge in [-0.2, -0.15) is 0 Å². The normalized spacial score (nSPS) is 10.5. The summed E-state index contributed by atoms with van der Waals surface area (Å²) in [5.41, 5.74) is -0.180. The molecular weight excluding hydrogens is 290 g/mol. The largest absolute Gasteiger partial charge is 0.478 e. The SMILES string of the molecule is Cc1c(C(=O)O)c(C(=O)O)c(C)n1-c1ccccc1C(=O)O. The summed E-state index contributed by atoms with van der Waals surface area (Å²) in [5, 5.41) is 27.8. The number of carbonyl (C=O) groups is 3. The molecule has 1 aromatic carbocycles. The first-order chi connectivity index (χ1) is 10.3. The van der Waals surface area contributed by atoms with Gasteiger partial charge in [0.25, 0.3) is 0 Å². The molecule has 2 aromatic rings. The molecule has 0 unspecified atom stereocenters. The predicted octanol–water partition coefficient (Wildman–Crippen LogP) is 2.19. The Kier molecular flexibility index (Phi) is 3.73. The van der Waals surface area contributed by atoms with E-state index in [1.165, 1.54) is 36.6 Å². The highest BCUT2D eigenvalue weighted by Crippen LogP contribution is 2.28. The van der Waals surface area contributed by atoms with Crippen LogP contribution in [0.5, 0.6) is 0 Å². The van der Waals surface area contributed by atoms with Crippen molar-refractivity contribution in [1.29, 1.82) is 0 Å². The van der Waals surface area contributed by atoms with E-state index in [1.807, 2.05) is 0 Å². The number of para-hydroxylation sites is 1. The van der Waals surface area contributed by atoms with Crippen molar-refractivity contribution in [2.24, 2.45) is 0 Å². The van der Waals surface area contributed by atoms with Crippen molar-refractivity contribution in [1.82, 2.24) is 4.57 Å². The Bertz CT molecular complexity index is 765. The number of rotatable bonds is 4. The van der Waals surface area contributed by atoms with Crippen LogP contribution in [0.25, 0.3) is 5.69 Å². The summed E-state index contributed by atoms with van der Waals surface area (Å²) in [6.45, 7) is 2.89. The second-order valence-electron chi connectivity index (χ2n) is 4.69. The minimum Gasteiger partial charge on any atom is -0.478 e. The molecular formula is C15H13NO6. The molecule has 0 aliphatic rings. The molecule has 0 radical (unpaired) electrons. The lowest BCUT2D eigenvalue weighted by molar-refractivity contribution is 0.0651. The van der Waals surface area contributed by atoms with E-state index in [1.54, 1.807) is 6.07 Å². The van der Waals surface area contributed by atoms with E-state index in [9.17, 15) is 29.7 Å². The molecule has 0 saturated heterocycles. The Morgan fingerprint density at radius 1 is 0.818 bits per heavy atom. The van der Waals surface area contributed by atoms with Gasteiger partial charge in [0.1, 0.15) is 0 Å². The third kappa shape index (κ3) is 2.22. The highest BCUT2D eigenvalue weighted by Gasteiger charge is 2.28. The molecule has 0 aliphatic carbocycles. The predicted molar refractivity (Wildman–Crippen MR) is 76.1 cm³/mol. The van der Waals surface area contributed by atoms with Crippen LogP contribution in [0.3, 0.4) is 0 Å². The standard InChI is InChI=1S/C15H13NO6/c1-7-11(14(19)20)12(15(21)22)8(2)16(7)10-6-4-3-5-9(10)13(17)18/h3-6H,1-2H3,(H,17,18)(H,19,20)(H,21,22). The molecule has 114 valence electrons. The van der Waals surface area contributed by atoms with E-state index in [4.69, 9.17) is 0 Å². The van der Waals surface area contributed by atoms with Crippen molar-refractivity contribution in [3.05, 3.63) is 52.3 Å². The van der Waals surface area contributed by atoms with Gasteiger partial charge in [-0.05, 0) is 26.0 Å². The van der Waals surface area contributed by atoms with Gasteiger partial charge in [-0.15, -0.1) is 0 Å².